The van der Waals surface area contributed by atoms with Gasteiger partial charge in [-0.05, 0) is 43.4 Å². The fourth-order valence-electron chi connectivity index (χ4n) is 3.15. The van der Waals surface area contributed by atoms with Crippen LogP contribution >= 0.6 is 11.6 Å². The van der Waals surface area contributed by atoms with Gasteiger partial charge >= 0.3 is 0 Å². The zero-order valence-electron chi connectivity index (χ0n) is 11.6. The van der Waals surface area contributed by atoms with Crippen molar-refractivity contribution < 1.29 is 4.39 Å². The Kier molecular flexibility index (Phi) is 5.65. The molecule has 3 heteroatoms. The van der Waals surface area contributed by atoms with Crippen LogP contribution in [0.25, 0.3) is 0 Å². The fourth-order valence-corrected chi connectivity index (χ4v) is 3.34. The highest BCUT2D eigenvalue weighted by atomic mass is 35.5. The van der Waals surface area contributed by atoms with E-state index < -0.39 is 0 Å². The quantitative estimate of drug-likeness (QED) is 0.798. The first-order chi connectivity index (χ1) is 9.22. The monoisotopic (exact) mass is 283 g/mol. The lowest BCUT2D eigenvalue weighted by molar-refractivity contribution is 0.334. The van der Waals surface area contributed by atoms with E-state index in [4.69, 9.17) is 11.6 Å². The molecule has 1 saturated carbocycles. The number of nitrogens with one attached hydrogen (secondary N) is 1. The van der Waals surface area contributed by atoms with Gasteiger partial charge in [-0.25, -0.2) is 4.39 Å². The van der Waals surface area contributed by atoms with E-state index in [-0.39, 0.29) is 10.8 Å². The Labute approximate surface area is 120 Å². The molecule has 1 aliphatic carbocycles. The molecule has 2 rings (SSSR count). The highest BCUT2D eigenvalue weighted by Gasteiger charge is 2.24. The molecule has 2 atom stereocenters. The molecule has 0 spiro atoms. The Hall–Kier alpha value is -0.600. The largest absolute Gasteiger partial charge is 0.314 e. The van der Waals surface area contributed by atoms with Gasteiger partial charge in [0.05, 0.1) is 5.02 Å². The Morgan fingerprint density at radius 2 is 2.05 bits per heavy atom. The third-order valence-electron chi connectivity index (χ3n) is 4.14. The lowest BCUT2D eigenvalue weighted by atomic mass is 9.88. The summed E-state index contributed by atoms with van der Waals surface area (Å²) in [5, 5.41) is 3.82. The minimum Gasteiger partial charge on any atom is -0.314 e. The number of hydrogen-bond donors (Lipinski definition) is 1. The van der Waals surface area contributed by atoms with Crippen molar-refractivity contribution in [1.29, 1.82) is 0 Å². The Balaban J connectivity index is 2.11. The summed E-state index contributed by atoms with van der Waals surface area (Å²) >= 11 is 5.87. The number of benzene rings is 1. The van der Waals surface area contributed by atoms with Gasteiger partial charge in [-0.2, -0.15) is 0 Å². The molecule has 1 aromatic rings. The average Bonchev–Trinajstić information content (AvgIpc) is 2.62. The Morgan fingerprint density at radius 3 is 2.84 bits per heavy atom. The second-order valence-corrected chi connectivity index (χ2v) is 5.89. The summed E-state index contributed by atoms with van der Waals surface area (Å²) in [4.78, 5) is 0. The van der Waals surface area contributed by atoms with Crippen LogP contribution in [0.5, 0.6) is 0 Å². The van der Waals surface area contributed by atoms with Crippen molar-refractivity contribution in [2.75, 3.05) is 6.54 Å². The predicted molar refractivity (Wildman–Crippen MR) is 79.2 cm³/mol. The molecular formula is C16H23ClFN. The van der Waals surface area contributed by atoms with Crippen molar-refractivity contribution in [1.82, 2.24) is 5.32 Å². The zero-order valence-corrected chi connectivity index (χ0v) is 12.3. The SMILES string of the molecule is CCNC1CCCCCC1Cc1cccc(Cl)c1F. The average molecular weight is 284 g/mol. The van der Waals surface area contributed by atoms with Gasteiger partial charge in [0.15, 0.2) is 0 Å². The molecule has 1 N–H and O–H groups in total. The van der Waals surface area contributed by atoms with Crippen LogP contribution in [0.3, 0.4) is 0 Å². The minimum atomic E-state index is -0.233. The summed E-state index contributed by atoms with van der Waals surface area (Å²) < 4.78 is 14.0. The second-order valence-electron chi connectivity index (χ2n) is 5.48. The maximum atomic E-state index is 14.0. The van der Waals surface area contributed by atoms with Gasteiger partial charge in [0, 0.05) is 6.04 Å². The van der Waals surface area contributed by atoms with E-state index in [1.807, 2.05) is 12.1 Å². The Morgan fingerprint density at radius 1 is 1.26 bits per heavy atom. The van der Waals surface area contributed by atoms with E-state index in [1.54, 1.807) is 6.07 Å². The van der Waals surface area contributed by atoms with Crippen LogP contribution in [0.4, 0.5) is 4.39 Å². The molecule has 19 heavy (non-hydrogen) atoms. The van der Waals surface area contributed by atoms with Gasteiger partial charge in [-0.1, -0.05) is 49.9 Å². The summed E-state index contributed by atoms with van der Waals surface area (Å²) in [6.45, 7) is 3.13. The summed E-state index contributed by atoms with van der Waals surface area (Å²) in [6.07, 6.45) is 7.03. The van der Waals surface area contributed by atoms with Crippen molar-refractivity contribution in [2.24, 2.45) is 5.92 Å². The molecule has 0 aromatic heterocycles. The standard InChI is InChI=1S/C16H23ClFN/c1-2-19-15-10-5-3-4-7-12(15)11-13-8-6-9-14(17)16(13)18/h6,8-9,12,15,19H,2-5,7,10-11H2,1H3. The first-order valence-corrected chi connectivity index (χ1v) is 7.76. The molecule has 1 aliphatic rings. The minimum absolute atomic E-state index is 0.233. The molecule has 0 radical (unpaired) electrons. The van der Waals surface area contributed by atoms with Gasteiger partial charge in [-0.15, -0.1) is 0 Å². The number of hydrogen-bond acceptors (Lipinski definition) is 1. The van der Waals surface area contributed by atoms with Crippen molar-refractivity contribution in [3.8, 4) is 0 Å². The van der Waals surface area contributed by atoms with Crippen LogP contribution in [0.2, 0.25) is 5.02 Å². The van der Waals surface area contributed by atoms with Gasteiger partial charge in [-0.3, -0.25) is 0 Å². The molecule has 0 amide bonds. The van der Waals surface area contributed by atoms with Crippen molar-refractivity contribution in [2.45, 2.75) is 51.5 Å². The molecule has 2 unspecified atom stereocenters. The van der Waals surface area contributed by atoms with E-state index in [0.717, 1.165) is 18.5 Å². The third-order valence-corrected chi connectivity index (χ3v) is 4.43. The molecule has 0 heterocycles. The molecule has 0 bridgehead atoms. The summed E-state index contributed by atoms with van der Waals surface area (Å²) in [5.41, 5.74) is 0.766. The predicted octanol–water partition coefficient (Wildman–Crippen LogP) is 4.58. The first-order valence-electron chi connectivity index (χ1n) is 7.38. The third kappa shape index (κ3) is 3.93. The highest BCUT2D eigenvalue weighted by molar-refractivity contribution is 6.30. The number of halogens is 2. The van der Waals surface area contributed by atoms with Gasteiger partial charge in [0.2, 0.25) is 0 Å². The van der Waals surface area contributed by atoms with Crippen LogP contribution < -0.4 is 5.32 Å². The van der Waals surface area contributed by atoms with Gasteiger partial charge in [0.25, 0.3) is 0 Å². The summed E-state index contributed by atoms with van der Waals surface area (Å²) in [6, 6.07) is 5.86. The topological polar surface area (TPSA) is 12.0 Å². The van der Waals surface area contributed by atoms with E-state index in [1.165, 1.54) is 32.1 Å². The lowest BCUT2D eigenvalue weighted by Gasteiger charge is -2.26. The van der Waals surface area contributed by atoms with Gasteiger partial charge in [0.1, 0.15) is 5.82 Å². The van der Waals surface area contributed by atoms with E-state index in [2.05, 4.69) is 12.2 Å². The van der Waals surface area contributed by atoms with Crippen LogP contribution in [0.1, 0.15) is 44.6 Å². The molecule has 0 aliphatic heterocycles. The molecule has 1 fully saturated rings. The van der Waals surface area contributed by atoms with E-state index in [9.17, 15) is 4.39 Å². The summed E-state index contributed by atoms with van der Waals surface area (Å²) in [7, 11) is 0. The van der Waals surface area contributed by atoms with Gasteiger partial charge < -0.3 is 5.32 Å². The summed E-state index contributed by atoms with van der Waals surface area (Å²) in [5.74, 6) is 0.291. The first kappa shape index (κ1) is 14.8. The molecule has 1 nitrogen and oxygen atoms in total. The normalized spacial score (nSPS) is 24.2. The van der Waals surface area contributed by atoms with E-state index >= 15 is 0 Å². The second kappa shape index (κ2) is 7.25. The maximum Gasteiger partial charge on any atom is 0.144 e. The zero-order chi connectivity index (χ0) is 13.7. The maximum absolute atomic E-state index is 14.0. The molecule has 0 saturated heterocycles. The molecule has 1 aromatic carbocycles. The van der Waals surface area contributed by atoms with Crippen LogP contribution in [0.15, 0.2) is 18.2 Å². The van der Waals surface area contributed by atoms with Crippen molar-refractivity contribution >= 4 is 11.6 Å². The van der Waals surface area contributed by atoms with Crippen LogP contribution in [0, 0.1) is 11.7 Å². The van der Waals surface area contributed by atoms with Crippen LogP contribution in [-0.4, -0.2) is 12.6 Å². The number of rotatable bonds is 4. The molecule has 106 valence electrons. The smallest absolute Gasteiger partial charge is 0.144 e. The van der Waals surface area contributed by atoms with Crippen LogP contribution in [-0.2, 0) is 6.42 Å². The van der Waals surface area contributed by atoms with Crippen molar-refractivity contribution in [3.05, 3.63) is 34.6 Å². The van der Waals surface area contributed by atoms with E-state index in [0.29, 0.717) is 12.0 Å². The fraction of sp³-hybridized carbons (Fsp3) is 0.625. The lowest BCUT2D eigenvalue weighted by Crippen LogP contribution is -2.36. The Bertz CT molecular complexity index is 408. The van der Waals surface area contributed by atoms with Crippen molar-refractivity contribution in [3.63, 3.8) is 0 Å². The highest BCUT2D eigenvalue weighted by Crippen LogP contribution is 2.29. The molecular weight excluding hydrogens is 261 g/mol.